The molecular weight excluding hydrogens is 276 g/mol. The van der Waals surface area contributed by atoms with E-state index in [2.05, 4.69) is 5.32 Å². The van der Waals surface area contributed by atoms with Gasteiger partial charge in [-0.05, 0) is 43.4 Å². The number of hydrogen-bond acceptors (Lipinski definition) is 3. The van der Waals surface area contributed by atoms with Gasteiger partial charge in [0.05, 0.1) is 4.90 Å². The summed E-state index contributed by atoms with van der Waals surface area (Å²) in [6.07, 6.45) is 4.83. The topological polar surface area (TPSA) is 89.3 Å². The van der Waals surface area contributed by atoms with Gasteiger partial charge >= 0.3 is 0 Å². The number of nitrogens with two attached hydrogens (primary N) is 1. The summed E-state index contributed by atoms with van der Waals surface area (Å²) >= 11 is 0. The molecule has 0 aliphatic heterocycles. The number of nitrogens with one attached hydrogen (secondary N) is 1. The average molecular weight is 296 g/mol. The quantitative estimate of drug-likeness (QED) is 0.773. The molecule has 0 aromatic heterocycles. The monoisotopic (exact) mass is 296 g/mol. The molecule has 1 saturated carbocycles. The predicted octanol–water partition coefficient (Wildman–Crippen LogP) is 1.18. The number of carbonyl (C=O) groups excluding carboxylic acids is 1. The van der Waals surface area contributed by atoms with Crippen LogP contribution in [0.25, 0.3) is 0 Å². The minimum Gasteiger partial charge on any atom is -0.356 e. The van der Waals surface area contributed by atoms with E-state index in [-0.39, 0.29) is 16.7 Å². The van der Waals surface area contributed by atoms with E-state index in [1.165, 1.54) is 12.1 Å². The SMILES string of the molecule is NS(=O)(=O)c1ccc(CCCNC(=O)C2CCC2)cc1. The summed E-state index contributed by atoms with van der Waals surface area (Å²) in [6.45, 7) is 0.659. The van der Waals surface area contributed by atoms with Crippen LogP contribution in [0.15, 0.2) is 29.2 Å². The molecule has 5 nitrogen and oxygen atoms in total. The highest BCUT2D eigenvalue weighted by molar-refractivity contribution is 7.89. The van der Waals surface area contributed by atoms with E-state index in [0.29, 0.717) is 6.54 Å². The van der Waals surface area contributed by atoms with Crippen molar-refractivity contribution in [1.29, 1.82) is 0 Å². The van der Waals surface area contributed by atoms with Crippen molar-refractivity contribution in [2.45, 2.75) is 37.0 Å². The number of hydrogen-bond donors (Lipinski definition) is 2. The van der Waals surface area contributed by atoms with Gasteiger partial charge in [0.25, 0.3) is 0 Å². The van der Waals surface area contributed by atoms with Gasteiger partial charge in [-0.25, -0.2) is 13.6 Å². The Morgan fingerprint density at radius 3 is 2.40 bits per heavy atom. The Hall–Kier alpha value is -1.40. The molecule has 110 valence electrons. The lowest BCUT2D eigenvalue weighted by molar-refractivity contribution is -0.127. The molecule has 1 amide bonds. The number of primary sulfonamides is 1. The number of sulfonamides is 1. The molecule has 20 heavy (non-hydrogen) atoms. The number of carbonyl (C=O) groups is 1. The maximum Gasteiger partial charge on any atom is 0.238 e. The summed E-state index contributed by atoms with van der Waals surface area (Å²) in [6, 6.07) is 6.54. The van der Waals surface area contributed by atoms with Crippen LogP contribution in [0.1, 0.15) is 31.2 Å². The van der Waals surface area contributed by atoms with Crippen LogP contribution in [0.4, 0.5) is 0 Å². The second-order valence-electron chi connectivity index (χ2n) is 5.21. The van der Waals surface area contributed by atoms with Gasteiger partial charge in [-0.2, -0.15) is 0 Å². The molecule has 0 saturated heterocycles. The van der Waals surface area contributed by atoms with Gasteiger partial charge in [-0.15, -0.1) is 0 Å². The van der Waals surface area contributed by atoms with Crippen molar-refractivity contribution in [3.05, 3.63) is 29.8 Å². The molecule has 3 N–H and O–H groups in total. The van der Waals surface area contributed by atoms with E-state index in [9.17, 15) is 13.2 Å². The zero-order valence-corrected chi connectivity index (χ0v) is 12.2. The van der Waals surface area contributed by atoms with E-state index in [1.807, 2.05) is 0 Å². The van der Waals surface area contributed by atoms with Crippen LogP contribution in [0.5, 0.6) is 0 Å². The lowest BCUT2D eigenvalue weighted by atomic mass is 9.85. The number of rotatable bonds is 6. The summed E-state index contributed by atoms with van der Waals surface area (Å²) < 4.78 is 22.2. The molecule has 0 atom stereocenters. The van der Waals surface area contributed by atoms with E-state index in [4.69, 9.17) is 5.14 Å². The number of aryl methyl sites for hydroxylation is 1. The molecular formula is C14H20N2O3S. The normalized spacial score (nSPS) is 15.7. The van der Waals surface area contributed by atoms with Crippen LogP contribution >= 0.6 is 0 Å². The fourth-order valence-electron chi connectivity index (χ4n) is 2.16. The molecule has 1 aliphatic rings. The fraction of sp³-hybridized carbons (Fsp3) is 0.500. The van der Waals surface area contributed by atoms with Gasteiger partial charge in [0.1, 0.15) is 0 Å². The molecule has 2 rings (SSSR count). The van der Waals surface area contributed by atoms with Gasteiger partial charge in [0, 0.05) is 12.5 Å². The maximum absolute atomic E-state index is 11.6. The smallest absolute Gasteiger partial charge is 0.238 e. The lowest BCUT2D eigenvalue weighted by Gasteiger charge is -2.23. The first-order valence-corrected chi connectivity index (χ1v) is 8.41. The van der Waals surface area contributed by atoms with Crippen LogP contribution in [0.2, 0.25) is 0 Å². The first kappa shape index (κ1) is 15.0. The number of benzene rings is 1. The van der Waals surface area contributed by atoms with E-state index < -0.39 is 10.0 Å². The summed E-state index contributed by atoms with van der Waals surface area (Å²) in [5.74, 6) is 0.393. The van der Waals surface area contributed by atoms with Gasteiger partial charge < -0.3 is 5.32 Å². The number of amides is 1. The van der Waals surface area contributed by atoms with Crippen LogP contribution < -0.4 is 10.5 Å². The highest BCUT2D eigenvalue weighted by atomic mass is 32.2. The Morgan fingerprint density at radius 1 is 1.25 bits per heavy atom. The molecule has 1 fully saturated rings. The Bertz CT molecular complexity index is 563. The summed E-state index contributed by atoms with van der Waals surface area (Å²) in [4.78, 5) is 11.7. The average Bonchev–Trinajstić information content (AvgIpc) is 2.32. The van der Waals surface area contributed by atoms with E-state index >= 15 is 0 Å². The van der Waals surface area contributed by atoms with Crippen molar-refractivity contribution >= 4 is 15.9 Å². The van der Waals surface area contributed by atoms with Crippen LogP contribution in [-0.2, 0) is 21.2 Å². The Kier molecular flexibility index (Phi) is 4.77. The molecule has 6 heteroatoms. The third kappa shape index (κ3) is 4.05. The standard InChI is InChI=1S/C14H20N2O3S/c15-20(18,19)13-8-6-11(7-9-13)3-2-10-16-14(17)12-4-1-5-12/h6-9,12H,1-5,10H2,(H,16,17)(H2,15,18,19). The molecule has 1 aromatic carbocycles. The zero-order valence-electron chi connectivity index (χ0n) is 11.3. The molecule has 0 bridgehead atoms. The van der Waals surface area contributed by atoms with Crippen LogP contribution in [-0.4, -0.2) is 20.9 Å². The molecule has 0 radical (unpaired) electrons. The Balaban J connectivity index is 1.72. The fourth-order valence-corrected chi connectivity index (χ4v) is 2.68. The second kappa shape index (κ2) is 6.37. The summed E-state index contributed by atoms with van der Waals surface area (Å²) in [5.41, 5.74) is 1.04. The first-order valence-electron chi connectivity index (χ1n) is 6.86. The highest BCUT2D eigenvalue weighted by Crippen LogP contribution is 2.26. The van der Waals surface area contributed by atoms with Crippen molar-refractivity contribution < 1.29 is 13.2 Å². The van der Waals surface area contributed by atoms with Crippen LogP contribution in [0.3, 0.4) is 0 Å². The maximum atomic E-state index is 11.6. The molecule has 1 aliphatic carbocycles. The van der Waals surface area contributed by atoms with Crippen molar-refractivity contribution in [2.24, 2.45) is 11.1 Å². The van der Waals surface area contributed by atoms with Gasteiger partial charge in [-0.1, -0.05) is 18.6 Å². The second-order valence-corrected chi connectivity index (χ2v) is 6.77. The highest BCUT2D eigenvalue weighted by Gasteiger charge is 2.24. The molecule has 0 unspecified atom stereocenters. The molecule has 1 aromatic rings. The van der Waals surface area contributed by atoms with Crippen LogP contribution in [0, 0.1) is 5.92 Å². The lowest BCUT2D eigenvalue weighted by Crippen LogP contribution is -2.35. The van der Waals surface area contributed by atoms with Crippen molar-refractivity contribution in [3.8, 4) is 0 Å². The van der Waals surface area contributed by atoms with Gasteiger partial charge in [0.15, 0.2) is 0 Å². The van der Waals surface area contributed by atoms with Gasteiger partial charge in [-0.3, -0.25) is 4.79 Å². The third-order valence-corrected chi connectivity index (χ3v) is 4.60. The van der Waals surface area contributed by atoms with Crippen molar-refractivity contribution in [2.75, 3.05) is 6.54 Å². The summed E-state index contributed by atoms with van der Waals surface area (Å²) in [7, 11) is -3.62. The summed E-state index contributed by atoms with van der Waals surface area (Å²) in [5, 5.41) is 7.97. The minimum atomic E-state index is -3.62. The Morgan fingerprint density at radius 2 is 1.90 bits per heavy atom. The molecule has 0 spiro atoms. The van der Waals surface area contributed by atoms with Crippen molar-refractivity contribution in [3.63, 3.8) is 0 Å². The zero-order chi connectivity index (χ0) is 14.6. The predicted molar refractivity (Wildman–Crippen MR) is 76.5 cm³/mol. The van der Waals surface area contributed by atoms with Gasteiger partial charge in [0.2, 0.25) is 15.9 Å². The van der Waals surface area contributed by atoms with Crippen molar-refractivity contribution in [1.82, 2.24) is 5.32 Å². The Labute approximate surface area is 119 Å². The van der Waals surface area contributed by atoms with E-state index in [0.717, 1.165) is 37.7 Å². The minimum absolute atomic E-state index is 0.125. The first-order chi connectivity index (χ1) is 9.47. The third-order valence-electron chi connectivity index (χ3n) is 3.67. The molecule has 0 heterocycles. The van der Waals surface area contributed by atoms with E-state index in [1.54, 1.807) is 12.1 Å². The largest absolute Gasteiger partial charge is 0.356 e.